The van der Waals surface area contributed by atoms with Crippen molar-refractivity contribution in [2.24, 2.45) is 0 Å². The van der Waals surface area contributed by atoms with Gasteiger partial charge in [0.2, 0.25) is 5.91 Å². The molecule has 0 aliphatic rings. The zero-order valence-corrected chi connectivity index (χ0v) is 17.9. The topological polar surface area (TPSA) is 120 Å². The number of nitrogens with one attached hydrogen (secondary N) is 3. The van der Waals surface area contributed by atoms with Gasteiger partial charge in [0.1, 0.15) is 17.2 Å². The largest absolute Gasteiger partial charge is 0.507 e. The number of halogens is 1. The van der Waals surface area contributed by atoms with Crippen LogP contribution in [-0.4, -0.2) is 54.8 Å². The average molecular weight is 513 g/mol. The summed E-state index contributed by atoms with van der Waals surface area (Å²) in [5.41, 5.74) is 0.960. The second-order valence-corrected chi connectivity index (χ2v) is 7.33. The van der Waals surface area contributed by atoms with Crippen LogP contribution in [0.5, 0.6) is 17.2 Å². The molecule has 29 heavy (non-hydrogen) atoms. The first-order valence-corrected chi connectivity index (χ1v) is 10.2. The molecule has 2 aromatic carbocycles. The highest BCUT2D eigenvalue weighted by molar-refractivity contribution is 14.1. The Morgan fingerprint density at radius 2 is 1.72 bits per heavy atom. The quantitative estimate of drug-likeness (QED) is 0.217. The Morgan fingerprint density at radius 1 is 1.00 bits per heavy atom. The molecule has 0 bridgehead atoms. The van der Waals surface area contributed by atoms with Crippen LogP contribution in [0, 0.1) is 3.57 Å². The van der Waals surface area contributed by atoms with Crippen molar-refractivity contribution in [3.8, 4) is 17.2 Å². The van der Waals surface area contributed by atoms with Crippen molar-refractivity contribution in [1.29, 1.82) is 0 Å². The number of ether oxygens (including phenoxy) is 1. The van der Waals surface area contributed by atoms with E-state index in [4.69, 9.17) is 9.84 Å². The van der Waals surface area contributed by atoms with Gasteiger partial charge in [-0.2, -0.15) is 0 Å². The monoisotopic (exact) mass is 513 g/mol. The highest BCUT2D eigenvalue weighted by Crippen LogP contribution is 2.29. The van der Waals surface area contributed by atoms with Gasteiger partial charge >= 0.3 is 5.97 Å². The number of benzene rings is 2. The highest BCUT2D eigenvalue weighted by atomic mass is 127. The minimum Gasteiger partial charge on any atom is -0.507 e. The molecule has 1 amide bonds. The number of carbonyl (C=O) groups excluding carboxylic acids is 1. The second-order valence-electron chi connectivity index (χ2n) is 6.17. The SMILES string of the molecule is O=C(O)CNCCNCC(=O)NCCc1ccccc1Oc1ccc(O)c(I)c1. The standard InChI is InChI=1S/C20H24IN3O5/c21-16-11-15(5-6-17(16)25)29-18-4-2-1-3-14(18)7-8-24-19(26)12-22-9-10-23-13-20(27)28/h1-6,11,22-23,25H,7-10,12-13H2,(H,24,26)(H,27,28). The summed E-state index contributed by atoms with van der Waals surface area (Å²) < 4.78 is 6.64. The summed E-state index contributed by atoms with van der Waals surface area (Å²) in [6.45, 7) is 1.51. The number of hydrogen-bond acceptors (Lipinski definition) is 6. The molecule has 0 saturated carbocycles. The maximum Gasteiger partial charge on any atom is 0.317 e. The molecule has 0 fully saturated rings. The molecule has 2 aromatic rings. The van der Waals surface area contributed by atoms with Gasteiger partial charge in [0.25, 0.3) is 0 Å². The molecule has 0 atom stereocenters. The number of para-hydroxylation sites is 1. The number of aromatic hydroxyl groups is 1. The zero-order valence-electron chi connectivity index (χ0n) is 15.8. The first-order valence-electron chi connectivity index (χ1n) is 9.10. The predicted octanol–water partition coefficient (Wildman–Crippen LogP) is 1.71. The Bertz CT molecular complexity index is 832. The van der Waals surface area contributed by atoms with Crippen LogP contribution in [0.4, 0.5) is 0 Å². The van der Waals surface area contributed by atoms with Crippen molar-refractivity contribution < 1.29 is 24.5 Å². The van der Waals surface area contributed by atoms with E-state index >= 15 is 0 Å². The van der Waals surface area contributed by atoms with E-state index in [1.165, 1.54) is 0 Å². The van der Waals surface area contributed by atoms with Crippen LogP contribution in [0.25, 0.3) is 0 Å². The maximum atomic E-state index is 11.9. The van der Waals surface area contributed by atoms with Crippen molar-refractivity contribution in [2.75, 3.05) is 32.7 Å². The van der Waals surface area contributed by atoms with E-state index in [0.717, 1.165) is 5.56 Å². The lowest BCUT2D eigenvalue weighted by atomic mass is 10.1. The van der Waals surface area contributed by atoms with Crippen LogP contribution in [-0.2, 0) is 16.0 Å². The summed E-state index contributed by atoms with van der Waals surface area (Å²) in [5.74, 6) is 0.498. The molecule has 5 N–H and O–H groups in total. The van der Waals surface area contributed by atoms with E-state index in [9.17, 15) is 14.7 Å². The smallest absolute Gasteiger partial charge is 0.317 e. The van der Waals surface area contributed by atoms with Crippen LogP contribution >= 0.6 is 22.6 Å². The van der Waals surface area contributed by atoms with Gasteiger partial charge in [-0.15, -0.1) is 0 Å². The molecular formula is C20H24IN3O5. The zero-order chi connectivity index (χ0) is 21.1. The van der Waals surface area contributed by atoms with Crippen LogP contribution in [0.3, 0.4) is 0 Å². The summed E-state index contributed by atoms with van der Waals surface area (Å²) in [4.78, 5) is 22.2. The van der Waals surface area contributed by atoms with E-state index in [1.54, 1.807) is 18.2 Å². The molecular weight excluding hydrogens is 489 g/mol. The first-order chi connectivity index (χ1) is 14.0. The molecule has 0 spiro atoms. The van der Waals surface area contributed by atoms with Gasteiger partial charge in [0, 0.05) is 19.6 Å². The number of phenolic OH excluding ortho intramolecular Hbond substituents is 1. The van der Waals surface area contributed by atoms with Gasteiger partial charge < -0.3 is 30.9 Å². The Labute approximate surface area is 182 Å². The van der Waals surface area contributed by atoms with Gasteiger partial charge in [0.05, 0.1) is 16.7 Å². The Hall–Kier alpha value is -2.37. The van der Waals surface area contributed by atoms with Gasteiger partial charge in [-0.05, 0) is 58.8 Å². The van der Waals surface area contributed by atoms with Gasteiger partial charge in [-0.25, -0.2) is 0 Å². The van der Waals surface area contributed by atoms with E-state index in [0.29, 0.717) is 41.1 Å². The van der Waals surface area contributed by atoms with Crippen LogP contribution in [0.2, 0.25) is 0 Å². The molecule has 0 heterocycles. The fraction of sp³-hybridized carbons (Fsp3) is 0.300. The Balaban J connectivity index is 1.74. The van der Waals surface area contributed by atoms with Crippen molar-refractivity contribution in [3.63, 3.8) is 0 Å². The van der Waals surface area contributed by atoms with Gasteiger partial charge in [-0.3, -0.25) is 9.59 Å². The molecule has 9 heteroatoms. The third kappa shape index (κ3) is 8.67. The van der Waals surface area contributed by atoms with Crippen molar-refractivity contribution >= 4 is 34.5 Å². The fourth-order valence-electron chi connectivity index (χ4n) is 2.46. The summed E-state index contributed by atoms with van der Waals surface area (Å²) in [6.07, 6.45) is 0.608. The number of hydrogen-bond donors (Lipinski definition) is 5. The summed E-state index contributed by atoms with van der Waals surface area (Å²) >= 11 is 2.04. The van der Waals surface area contributed by atoms with E-state index in [1.807, 2.05) is 46.9 Å². The Kier molecular flexibility index (Phi) is 9.68. The minimum absolute atomic E-state index is 0.0986. The molecule has 8 nitrogen and oxygen atoms in total. The third-order valence-electron chi connectivity index (χ3n) is 3.88. The minimum atomic E-state index is -0.910. The van der Waals surface area contributed by atoms with Crippen molar-refractivity contribution in [3.05, 3.63) is 51.6 Å². The molecule has 156 valence electrons. The molecule has 0 radical (unpaired) electrons. The number of rotatable bonds is 12. The lowest BCUT2D eigenvalue weighted by Crippen LogP contribution is -2.38. The first kappa shape index (κ1) is 22.9. The normalized spacial score (nSPS) is 10.5. The maximum absolute atomic E-state index is 11.9. The number of amides is 1. The second kappa shape index (κ2) is 12.2. The summed E-state index contributed by atoms with van der Waals surface area (Å²) in [7, 11) is 0. The summed E-state index contributed by atoms with van der Waals surface area (Å²) in [6, 6.07) is 12.6. The molecule has 0 aliphatic carbocycles. The fourth-order valence-corrected chi connectivity index (χ4v) is 2.95. The van der Waals surface area contributed by atoms with Crippen LogP contribution in [0.15, 0.2) is 42.5 Å². The van der Waals surface area contributed by atoms with E-state index in [2.05, 4.69) is 16.0 Å². The van der Waals surface area contributed by atoms with Gasteiger partial charge in [0.15, 0.2) is 0 Å². The number of phenols is 1. The number of carboxylic acid groups (broad SMARTS) is 1. The van der Waals surface area contributed by atoms with Crippen LogP contribution in [0.1, 0.15) is 5.56 Å². The van der Waals surface area contributed by atoms with Crippen molar-refractivity contribution in [1.82, 2.24) is 16.0 Å². The van der Waals surface area contributed by atoms with E-state index < -0.39 is 5.97 Å². The molecule has 0 aliphatic heterocycles. The number of carbonyl (C=O) groups is 2. The predicted molar refractivity (Wildman–Crippen MR) is 117 cm³/mol. The molecule has 0 saturated heterocycles. The van der Waals surface area contributed by atoms with E-state index in [-0.39, 0.29) is 24.7 Å². The number of aliphatic carboxylic acids is 1. The average Bonchev–Trinajstić information content (AvgIpc) is 2.68. The molecule has 2 rings (SSSR count). The van der Waals surface area contributed by atoms with Crippen LogP contribution < -0.4 is 20.7 Å². The molecule has 0 aromatic heterocycles. The third-order valence-corrected chi connectivity index (χ3v) is 4.74. The lowest BCUT2D eigenvalue weighted by molar-refractivity contribution is -0.136. The Morgan fingerprint density at radius 3 is 2.45 bits per heavy atom. The highest BCUT2D eigenvalue weighted by Gasteiger charge is 2.07. The van der Waals surface area contributed by atoms with Gasteiger partial charge in [-0.1, -0.05) is 18.2 Å². The molecule has 0 unspecified atom stereocenters. The lowest BCUT2D eigenvalue weighted by Gasteiger charge is -2.12. The van der Waals surface area contributed by atoms with Crippen molar-refractivity contribution in [2.45, 2.75) is 6.42 Å². The summed E-state index contributed by atoms with van der Waals surface area (Å²) in [5, 5.41) is 26.7. The number of carboxylic acids is 1.